The molecular weight excluding hydrogens is 282 g/mol. The van der Waals surface area contributed by atoms with Crippen molar-refractivity contribution in [2.75, 3.05) is 12.4 Å². The summed E-state index contributed by atoms with van der Waals surface area (Å²) >= 11 is 4.76. The van der Waals surface area contributed by atoms with E-state index in [0.29, 0.717) is 11.3 Å². The van der Waals surface area contributed by atoms with Crippen LogP contribution >= 0.6 is 12.2 Å². The number of rotatable bonds is 4. The van der Waals surface area contributed by atoms with E-state index in [4.69, 9.17) is 22.7 Å². The van der Waals surface area contributed by atoms with Crippen LogP contribution in [0.2, 0.25) is 0 Å². The summed E-state index contributed by atoms with van der Waals surface area (Å²) in [6.07, 6.45) is 0. The van der Waals surface area contributed by atoms with Gasteiger partial charge in [0.25, 0.3) is 0 Å². The van der Waals surface area contributed by atoms with Crippen LogP contribution in [0.25, 0.3) is 0 Å². The van der Waals surface area contributed by atoms with Gasteiger partial charge < -0.3 is 15.8 Å². The number of thiocarbonyl (C=S) groups is 1. The quantitative estimate of drug-likeness (QED) is 0.849. The van der Waals surface area contributed by atoms with E-state index in [1.54, 1.807) is 6.07 Å². The molecule has 0 atom stereocenters. The van der Waals surface area contributed by atoms with Crippen LogP contribution in [0.4, 0.5) is 20.2 Å². The average Bonchev–Trinajstić information content (AvgIpc) is 2.43. The Balaban J connectivity index is 2.32. The molecule has 0 spiro atoms. The van der Waals surface area contributed by atoms with Crippen molar-refractivity contribution in [3.05, 3.63) is 53.6 Å². The minimum Gasteiger partial charge on any atom is -0.497 e. The molecule has 104 valence electrons. The van der Waals surface area contributed by atoms with E-state index in [0.717, 1.165) is 0 Å². The highest BCUT2D eigenvalue weighted by molar-refractivity contribution is 7.80. The topological polar surface area (TPSA) is 47.3 Å². The first kappa shape index (κ1) is 14.2. The van der Waals surface area contributed by atoms with Crippen LogP contribution < -0.4 is 15.8 Å². The molecule has 2 aromatic carbocycles. The number of halogens is 2. The van der Waals surface area contributed by atoms with Crippen molar-refractivity contribution in [3.63, 3.8) is 0 Å². The number of hydrogen-bond donors (Lipinski definition) is 2. The van der Waals surface area contributed by atoms with Crippen LogP contribution in [-0.2, 0) is 0 Å². The smallest absolute Gasteiger partial charge is 0.147 e. The van der Waals surface area contributed by atoms with Crippen LogP contribution in [0.5, 0.6) is 5.75 Å². The van der Waals surface area contributed by atoms with Crippen LogP contribution in [-0.4, -0.2) is 12.1 Å². The van der Waals surface area contributed by atoms with Gasteiger partial charge >= 0.3 is 0 Å². The van der Waals surface area contributed by atoms with Crippen molar-refractivity contribution in [2.45, 2.75) is 0 Å². The predicted octanol–water partition coefficient (Wildman–Crippen LogP) is 3.35. The molecule has 0 aliphatic heterocycles. The Morgan fingerprint density at radius 2 is 1.85 bits per heavy atom. The molecule has 0 amide bonds. The second-order valence-electron chi connectivity index (χ2n) is 4.03. The first-order valence-corrected chi connectivity index (χ1v) is 6.12. The molecule has 0 bridgehead atoms. The zero-order chi connectivity index (χ0) is 14.7. The largest absolute Gasteiger partial charge is 0.497 e. The lowest BCUT2D eigenvalue weighted by Gasteiger charge is -2.11. The van der Waals surface area contributed by atoms with Gasteiger partial charge in [-0.3, -0.25) is 0 Å². The molecule has 0 radical (unpaired) electrons. The lowest BCUT2D eigenvalue weighted by atomic mass is 10.2. The molecule has 0 heterocycles. The highest BCUT2D eigenvalue weighted by Crippen LogP contribution is 2.26. The fourth-order valence-corrected chi connectivity index (χ4v) is 1.77. The van der Waals surface area contributed by atoms with Gasteiger partial charge in [0.2, 0.25) is 0 Å². The Kier molecular flexibility index (Phi) is 4.14. The predicted molar refractivity (Wildman–Crippen MR) is 78.5 cm³/mol. The summed E-state index contributed by atoms with van der Waals surface area (Å²) in [7, 11) is 1.47. The third-order valence-corrected chi connectivity index (χ3v) is 2.93. The van der Waals surface area contributed by atoms with Crippen molar-refractivity contribution < 1.29 is 13.5 Å². The first-order valence-electron chi connectivity index (χ1n) is 5.71. The molecule has 3 N–H and O–H groups in total. The van der Waals surface area contributed by atoms with Gasteiger partial charge in [0.15, 0.2) is 0 Å². The van der Waals surface area contributed by atoms with Gasteiger partial charge in [-0.15, -0.1) is 0 Å². The Hall–Kier alpha value is -2.21. The third kappa shape index (κ3) is 3.03. The average molecular weight is 294 g/mol. The number of nitrogens with one attached hydrogen (secondary N) is 1. The number of nitrogens with two attached hydrogens (primary N) is 1. The number of hydrogen-bond acceptors (Lipinski definition) is 3. The summed E-state index contributed by atoms with van der Waals surface area (Å²) in [6, 6.07) is 8.36. The Morgan fingerprint density at radius 3 is 2.45 bits per heavy atom. The van der Waals surface area contributed by atoms with E-state index >= 15 is 0 Å². The van der Waals surface area contributed by atoms with Gasteiger partial charge in [-0.25, -0.2) is 8.78 Å². The van der Waals surface area contributed by atoms with Crippen molar-refractivity contribution >= 4 is 28.6 Å². The van der Waals surface area contributed by atoms with Crippen molar-refractivity contribution in [3.8, 4) is 5.75 Å². The maximum absolute atomic E-state index is 13.9. The molecule has 6 heteroatoms. The Morgan fingerprint density at radius 1 is 1.10 bits per heavy atom. The molecule has 2 rings (SSSR count). The summed E-state index contributed by atoms with van der Waals surface area (Å²) < 4.78 is 32.5. The van der Waals surface area contributed by atoms with Crippen LogP contribution in [0.3, 0.4) is 0 Å². The van der Waals surface area contributed by atoms with Gasteiger partial charge in [0, 0.05) is 11.6 Å². The van der Waals surface area contributed by atoms with E-state index < -0.39 is 11.6 Å². The van der Waals surface area contributed by atoms with E-state index in [1.807, 2.05) is 0 Å². The van der Waals surface area contributed by atoms with Gasteiger partial charge in [-0.2, -0.15) is 0 Å². The van der Waals surface area contributed by atoms with Crippen LogP contribution in [0.15, 0.2) is 36.4 Å². The minimum atomic E-state index is -0.572. The number of ether oxygens (including phenoxy) is 1. The highest BCUT2D eigenvalue weighted by atomic mass is 32.1. The second-order valence-corrected chi connectivity index (χ2v) is 4.47. The summed E-state index contributed by atoms with van der Waals surface area (Å²) in [5.41, 5.74) is 6.07. The molecule has 20 heavy (non-hydrogen) atoms. The fourth-order valence-electron chi connectivity index (χ4n) is 1.64. The summed E-state index contributed by atoms with van der Waals surface area (Å²) in [4.78, 5) is 0.100. The minimum absolute atomic E-state index is 0.100. The molecular formula is C14H12F2N2OS. The molecule has 0 aromatic heterocycles. The van der Waals surface area contributed by atoms with Gasteiger partial charge in [0.05, 0.1) is 18.5 Å². The molecule has 2 aromatic rings. The maximum Gasteiger partial charge on any atom is 0.147 e. The summed E-state index contributed by atoms with van der Waals surface area (Å²) in [6.45, 7) is 0. The lowest BCUT2D eigenvalue weighted by Crippen LogP contribution is -2.10. The van der Waals surface area contributed by atoms with Crippen LogP contribution in [0.1, 0.15) is 5.56 Å². The Bertz CT molecular complexity index is 662. The monoisotopic (exact) mass is 294 g/mol. The molecule has 0 unspecified atom stereocenters. The maximum atomic E-state index is 13.9. The molecule has 0 saturated carbocycles. The highest BCUT2D eigenvalue weighted by Gasteiger charge is 2.09. The third-order valence-electron chi connectivity index (χ3n) is 2.70. The molecule has 0 aliphatic carbocycles. The van der Waals surface area contributed by atoms with E-state index in [1.165, 1.54) is 37.4 Å². The molecule has 3 nitrogen and oxygen atoms in total. The van der Waals surface area contributed by atoms with Crippen molar-refractivity contribution in [1.82, 2.24) is 0 Å². The number of anilines is 2. The van der Waals surface area contributed by atoms with E-state index in [9.17, 15) is 8.78 Å². The Labute approximate surface area is 120 Å². The van der Waals surface area contributed by atoms with Crippen molar-refractivity contribution in [1.29, 1.82) is 0 Å². The fraction of sp³-hybridized carbons (Fsp3) is 0.0714. The van der Waals surface area contributed by atoms with E-state index in [2.05, 4.69) is 5.32 Å². The molecule has 0 fully saturated rings. The van der Waals surface area contributed by atoms with Crippen LogP contribution in [0, 0.1) is 11.6 Å². The number of benzene rings is 2. The number of methoxy groups -OCH3 is 1. The second kappa shape index (κ2) is 5.83. The van der Waals surface area contributed by atoms with Crippen molar-refractivity contribution in [2.24, 2.45) is 5.73 Å². The standard InChI is InChI=1S/C14H12F2N2OS/c1-19-9-3-4-10(15)13(7-9)18-12-5-2-8(14(17)20)6-11(12)16/h2-7,18H,1H3,(H2,17,20). The summed E-state index contributed by atoms with van der Waals surface area (Å²) in [5.74, 6) is -0.616. The van der Waals surface area contributed by atoms with Gasteiger partial charge in [0.1, 0.15) is 22.4 Å². The zero-order valence-corrected chi connectivity index (χ0v) is 11.4. The van der Waals surface area contributed by atoms with Gasteiger partial charge in [-0.1, -0.05) is 12.2 Å². The molecule has 0 saturated heterocycles. The van der Waals surface area contributed by atoms with Gasteiger partial charge in [-0.05, 0) is 30.3 Å². The normalized spacial score (nSPS) is 10.2. The lowest BCUT2D eigenvalue weighted by molar-refractivity contribution is 0.414. The van der Waals surface area contributed by atoms with E-state index in [-0.39, 0.29) is 16.4 Å². The zero-order valence-electron chi connectivity index (χ0n) is 10.6. The SMILES string of the molecule is COc1ccc(F)c(Nc2ccc(C(N)=S)cc2F)c1. The summed E-state index contributed by atoms with van der Waals surface area (Å²) in [5, 5.41) is 2.67. The molecule has 0 aliphatic rings. The first-order chi connectivity index (χ1) is 9.51.